The van der Waals surface area contributed by atoms with Crippen LogP contribution >= 0.6 is 11.6 Å². The highest BCUT2D eigenvalue weighted by molar-refractivity contribution is 6.30. The van der Waals surface area contributed by atoms with Crippen LogP contribution in [0, 0.1) is 6.92 Å². The Labute approximate surface area is 157 Å². The van der Waals surface area contributed by atoms with Gasteiger partial charge in [0, 0.05) is 23.7 Å². The van der Waals surface area contributed by atoms with Crippen molar-refractivity contribution in [3.05, 3.63) is 57.9 Å². The number of carbonyl (C=O) groups is 1. The lowest BCUT2D eigenvalue weighted by Gasteiger charge is -2.16. The first-order valence-electron chi connectivity index (χ1n) is 8.84. The second-order valence-corrected chi connectivity index (χ2v) is 7.46. The van der Waals surface area contributed by atoms with Crippen LogP contribution in [0.2, 0.25) is 5.02 Å². The van der Waals surface area contributed by atoms with Crippen molar-refractivity contribution in [2.75, 3.05) is 0 Å². The van der Waals surface area contributed by atoms with Gasteiger partial charge in [-0.3, -0.25) is 9.48 Å². The highest BCUT2D eigenvalue weighted by Crippen LogP contribution is 2.40. The number of hydrogen-bond donors (Lipinski definition) is 1. The molecule has 0 radical (unpaired) electrons. The number of hydrogen-bond acceptors (Lipinski definition) is 3. The SMILES string of the molecule is Cc1nn(C)c2nc(C3CC3)cc(C(=O)NC(C)c3cccc(Cl)c3)c12. The van der Waals surface area contributed by atoms with Crippen molar-refractivity contribution in [3.8, 4) is 0 Å². The zero-order valence-electron chi connectivity index (χ0n) is 15.1. The zero-order chi connectivity index (χ0) is 18.4. The molecule has 2 aromatic heterocycles. The fourth-order valence-corrected chi connectivity index (χ4v) is 3.56. The fourth-order valence-electron chi connectivity index (χ4n) is 3.37. The van der Waals surface area contributed by atoms with Crippen LogP contribution in [0.15, 0.2) is 30.3 Å². The number of benzene rings is 1. The van der Waals surface area contributed by atoms with E-state index in [1.54, 1.807) is 4.68 Å². The molecular weight excluding hydrogens is 348 g/mol. The molecule has 6 heteroatoms. The van der Waals surface area contributed by atoms with Crippen molar-refractivity contribution in [1.29, 1.82) is 0 Å². The topological polar surface area (TPSA) is 59.8 Å². The van der Waals surface area contributed by atoms with Gasteiger partial charge in [0.25, 0.3) is 5.91 Å². The van der Waals surface area contributed by atoms with Gasteiger partial charge >= 0.3 is 0 Å². The van der Waals surface area contributed by atoms with Crippen LogP contribution in [0.1, 0.15) is 59.0 Å². The summed E-state index contributed by atoms with van der Waals surface area (Å²) >= 11 is 6.07. The van der Waals surface area contributed by atoms with Gasteiger partial charge in [0.1, 0.15) is 0 Å². The Morgan fingerprint density at radius 3 is 2.81 bits per heavy atom. The van der Waals surface area contributed by atoms with Crippen molar-refractivity contribution in [2.24, 2.45) is 7.05 Å². The molecule has 1 aromatic carbocycles. The first-order valence-corrected chi connectivity index (χ1v) is 9.22. The van der Waals surface area contributed by atoms with Crippen molar-refractivity contribution in [2.45, 2.75) is 38.6 Å². The minimum absolute atomic E-state index is 0.108. The summed E-state index contributed by atoms with van der Waals surface area (Å²) in [6.45, 7) is 3.87. The lowest BCUT2D eigenvalue weighted by Crippen LogP contribution is -2.27. The molecule has 1 aliphatic rings. The average Bonchev–Trinajstić information content (AvgIpc) is 3.41. The molecule has 1 amide bonds. The Balaban J connectivity index is 1.72. The number of carbonyl (C=O) groups excluding carboxylic acids is 1. The maximum atomic E-state index is 13.1. The summed E-state index contributed by atoms with van der Waals surface area (Å²) < 4.78 is 1.76. The number of nitrogens with zero attached hydrogens (tertiary/aromatic N) is 3. The molecule has 26 heavy (non-hydrogen) atoms. The second kappa shape index (κ2) is 6.40. The van der Waals surface area contributed by atoms with Gasteiger partial charge in [-0.25, -0.2) is 4.98 Å². The summed E-state index contributed by atoms with van der Waals surface area (Å²) in [5.41, 5.74) is 4.20. The third-order valence-electron chi connectivity index (χ3n) is 4.93. The number of amides is 1. The lowest BCUT2D eigenvalue weighted by atomic mass is 10.0. The van der Waals surface area contributed by atoms with Crippen molar-refractivity contribution >= 4 is 28.5 Å². The van der Waals surface area contributed by atoms with E-state index in [4.69, 9.17) is 16.6 Å². The van der Waals surface area contributed by atoms with E-state index in [-0.39, 0.29) is 11.9 Å². The third kappa shape index (κ3) is 3.07. The molecule has 1 N–H and O–H groups in total. The monoisotopic (exact) mass is 368 g/mol. The lowest BCUT2D eigenvalue weighted by molar-refractivity contribution is 0.0941. The molecule has 1 atom stereocenters. The van der Waals surface area contributed by atoms with Crippen LogP contribution in [0.5, 0.6) is 0 Å². The molecule has 0 aliphatic heterocycles. The largest absolute Gasteiger partial charge is 0.345 e. The van der Waals surface area contributed by atoms with Gasteiger partial charge in [0.2, 0.25) is 0 Å². The predicted molar refractivity (Wildman–Crippen MR) is 103 cm³/mol. The maximum absolute atomic E-state index is 13.1. The number of nitrogens with one attached hydrogen (secondary N) is 1. The van der Waals surface area contributed by atoms with Crippen molar-refractivity contribution in [3.63, 3.8) is 0 Å². The Morgan fingerprint density at radius 1 is 1.35 bits per heavy atom. The summed E-state index contributed by atoms with van der Waals surface area (Å²) in [6.07, 6.45) is 2.27. The van der Waals surface area contributed by atoms with Gasteiger partial charge in [-0.1, -0.05) is 23.7 Å². The van der Waals surface area contributed by atoms with E-state index in [1.165, 1.54) is 0 Å². The van der Waals surface area contributed by atoms with Gasteiger partial charge in [-0.05, 0) is 50.5 Å². The molecule has 1 aliphatic carbocycles. The zero-order valence-corrected chi connectivity index (χ0v) is 15.8. The average molecular weight is 369 g/mol. The molecule has 2 heterocycles. The van der Waals surface area contributed by atoms with Crippen LogP contribution in [0.3, 0.4) is 0 Å². The van der Waals surface area contributed by atoms with Crippen LogP contribution in [-0.4, -0.2) is 20.7 Å². The quantitative estimate of drug-likeness (QED) is 0.746. The molecule has 134 valence electrons. The molecular formula is C20H21ClN4O. The van der Waals surface area contributed by atoms with E-state index in [0.717, 1.165) is 40.8 Å². The maximum Gasteiger partial charge on any atom is 0.252 e. The van der Waals surface area contributed by atoms with Crippen LogP contribution < -0.4 is 5.32 Å². The third-order valence-corrected chi connectivity index (χ3v) is 5.16. The highest BCUT2D eigenvalue weighted by atomic mass is 35.5. The Kier molecular flexibility index (Phi) is 4.19. The summed E-state index contributed by atoms with van der Waals surface area (Å²) in [7, 11) is 1.87. The predicted octanol–water partition coefficient (Wildman–Crippen LogP) is 4.30. The Hall–Kier alpha value is -2.40. The van der Waals surface area contributed by atoms with Crippen LogP contribution in [-0.2, 0) is 7.05 Å². The van der Waals surface area contributed by atoms with Gasteiger partial charge in [-0.15, -0.1) is 0 Å². The highest BCUT2D eigenvalue weighted by Gasteiger charge is 2.28. The molecule has 3 aromatic rings. The number of halogens is 1. The molecule has 0 spiro atoms. The summed E-state index contributed by atoms with van der Waals surface area (Å²) in [4.78, 5) is 17.8. The number of rotatable bonds is 4. The number of pyridine rings is 1. The van der Waals surface area contributed by atoms with E-state index in [0.29, 0.717) is 16.5 Å². The van der Waals surface area contributed by atoms with E-state index in [1.807, 2.05) is 51.2 Å². The minimum atomic E-state index is -0.147. The van der Waals surface area contributed by atoms with Crippen LogP contribution in [0.4, 0.5) is 0 Å². The van der Waals surface area contributed by atoms with Crippen molar-refractivity contribution in [1.82, 2.24) is 20.1 Å². The molecule has 1 saturated carbocycles. The first-order chi connectivity index (χ1) is 12.4. The molecule has 4 rings (SSSR count). The van der Waals surface area contributed by atoms with Gasteiger partial charge in [-0.2, -0.15) is 5.10 Å². The second-order valence-electron chi connectivity index (χ2n) is 7.03. The van der Waals surface area contributed by atoms with Gasteiger partial charge in [0.05, 0.1) is 22.7 Å². The molecule has 5 nitrogen and oxygen atoms in total. The van der Waals surface area contributed by atoms with E-state index >= 15 is 0 Å². The molecule has 1 unspecified atom stereocenters. The fraction of sp³-hybridized carbons (Fsp3) is 0.350. The molecule has 0 bridgehead atoms. The first kappa shape index (κ1) is 17.0. The molecule has 0 saturated heterocycles. The normalized spacial score (nSPS) is 15.2. The van der Waals surface area contributed by atoms with E-state index in [2.05, 4.69) is 10.4 Å². The molecule has 1 fully saturated rings. The van der Waals surface area contributed by atoms with Crippen LogP contribution in [0.25, 0.3) is 11.0 Å². The number of fused-ring (bicyclic) bond motifs is 1. The Bertz CT molecular complexity index is 1010. The smallest absolute Gasteiger partial charge is 0.252 e. The van der Waals surface area contributed by atoms with Gasteiger partial charge in [0.15, 0.2) is 5.65 Å². The van der Waals surface area contributed by atoms with Crippen molar-refractivity contribution < 1.29 is 4.79 Å². The summed E-state index contributed by atoms with van der Waals surface area (Å²) in [6, 6.07) is 9.35. The van der Waals surface area contributed by atoms with Gasteiger partial charge < -0.3 is 5.32 Å². The Morgan fingerprint density at radius 2 is 2.12 bits per heavy atom. The summed E-state index contributed by atoms with van der Waals surface area (Å²) in [5, 5.41) is 9.04. The standard InChI is InChI=1S/C20H21ClN4O/c1-11(14-5-4-6-15(21)9-14)22-20(26)16-10-17(13-7-8-13)23-19-18(16)12(2)24-25(19)3/h4-6,9-11,13H,7-8H2,1-3H3,(H,22,26). The number of aromatic nitrogens is 3. The number of aryl methyl sites for hydroxylation is 2. The minimum Gasteiger partial charge on any atom is -0.345 e. The van der Waals surface area contributed by atoms with E-state index in [9.17, 15) is 4.79 Å². The summed E-state index contributed by atoms with van der Waals surface area (Å²) in [5.74, 6) is 0.356. The van der Waals surface area contributed by atoms with E-state index < -0.39 is 0 Å².